The number of furan rings is 1. The molecule has 0 amide bonds. The third kappa shape index (κ3) is 4.88. The van der Waals surface area contributed by atoms with E-state index < -0.39 is 12.4 Å². The van der Waals surface area contributed by atoms with Crippen LogP contribution in [-0.4, -0.2) is 53.6 Å². The second-order valence-electron chi connectivity index (χ2n) is 9.81. The summed E-state index contributed by atoms with van der Waals surface area (Å²) in [6.45, 7) is 2.12. The number of rotatable bonds is 6. The molecule has 38 heavy (non-hydrogen) atoms. The lowest BCUT2D eigenvalue weighted by molar-refractivity contribution is 0.0150. The summed E-state index contributed by atoms with van der Waals surface area (Å²) >= 11 is 0. The van der Waals surface area contributed by atoms with Crippen LogP contribution in [0.1, 0.15) is 36.6 Å². The molecule has 1 N–H and O–H groups in total. The fourth-order valence-electron chi connectivity index (χ4n) is 5.16. The zero-order valence-corrected chi connectivity index (χ0v) is 20.8. The van der Waals surface area contributed by atoms with Crippen molar-refractivity contribution in [2.45, 2.75) is 37.8 Å². The van der Waals surface area contributed by atoms with Crippen molar-refractivity contribution in [3.05, 3.63) is 71.9 Å². The van der Waals surface area contributed by atoms with Crippen LogP contribution in [0.15, 0.2) is 65.2 Å². The lowest BCUT2D eigenvalue weighted by Gasteiger charge is -2.23. The highest BCUT2D eigenvalue weighted by molar-refractivity contribution is 5.92. The number of pyridine rings is 1. The molecule has 4 aromatic rings. The number of likely N-dealkylation sites (tertiary alicyclic amines) is 1. The van der Waals surface area contributed by atoms with Crippen molar-refractivity contribution in [2.75, 3.05) is 26.3 Å². The van der Waals surface area contributed by atoms with Crippen molar-refractivity contribution in [3.8, 4) is 34.3 Å². The molecule has 2 aliphatic rings. The van der Waals surface area contributed by atoms with Gasteiger partial charge in [-0.1, -0.05) is 30.3 Å². The Morgan fingerprint density at radius 1 is 1.05 bits per heavy atom. The zero-order valence-electron chi connectivity index (χ0n) is 20.8. The number of benzene rings is 2. The van der Waals surface area contributed by atoms with Crippen LogP contribution in [0.5, 0.6) is 5.75 Å². The molecule has 6 rings (SSSR count). The highest BCUT2D eigenvalue weighted by Gasteiger charge is 2.27. The van der Waals surface area contributed by atoms with Gasteiger partial charge >= 0.3 is 0 Å². The number of aliphatic hydroxyl groups is 1. The minimum atomic E-state index is -0.888. The third-order valence-electron chi connectivity index (χ3n) is 7.29. The molecule has 194 valence electrons. The predicted octanol–water partition coefficient (Wildman–Crippen LogP) is 5.63. The van der Waals surface area contributed by atoms with E-state index in [-0.39, 0.29) is 12.6 Å². The van der Waals surface area contributed by atoms with Crippen LogP contribution in [0.4, 0.5) is 4.39 Å². The summed E-state index contributed by atoms with van der Waals surface area (Å²) in [7, 11) is 0. The Hall–Kier alpha value is -3.77. The van der Waals surface area contributed by atoms with Gasteiger partial charge in [-0.15, -0.1) is 0 Å². The Morgan fingerprint density at radius 3 is 2.58 bits per heavy atom. The first-order chi connectivity index (χ1) is 18.6. The topological polar surface area (TPSA) is 91.8 Å². The van der Waals surface area contributed by atoms with E-state index in [0.29, 0.717) is 59.9 Å². The lowest BCUT2D eigenvalue weighted by atomic mass is 10.0. The molecule has 0 bridgehead atoms. The molecule has 0 aliphatic carbocycles. The van der Waals surface area contributed by atoms with Gasteiger partial charge in [0.2, 0.25) is 0 Å². The van der Waals surface area contributed by atoms with Crippen molar-refractivity contribution in [2.24, 2.45) is 0 Å². The first-order valence-corrected chi connectivity index (χ1v) is 12.9. The van der Waals surface area contributed by atoms with Gasteiger partial charge in [-0.2, -0.15) is 5.26 Å². The number of hydrogen-bond donors (Lipinski definition) is 1. The smallest absolute Gasteiger partial charge is 0.161 e. The van der Waals surface area contributed by atoms with Crippen molar-refractivity contribution < 1.29 is 23.4 Å². The molecule has 2 fully saturated rings. The first kappa shape index (κ1) is 24.6. The van der Waals surface area contributed by atoms with Gasteiger partial charge in [0.05, 0.1) is 18.8 Å². The maximum Gasteiger partial charge on any atom is 0.161 e. The third-order valence-corrected chi connectivity index (χ3v) is 7.29. The SMILES string of the molecule is N#Cc1cc(-c2ccnc3cc(-c4ccc(C(O)N5CC[C@@H](F)C5)cc4)oc23)ccc1OC1CCOCC1. The fraction of sp³-hybridized carbons (Fsp3) is 0.333. The van der Waals surface area contributed by atoms with Crippen LogP contribution in [0, 0.1) is 11.3 Å². The number of aromatic nitrogens is 1. The molecular weight excluding hydrogens is 485 g/mol. The standard InChI is InChI=1S/C30H28FN3O4/c31-23-8-12-34(18-23)30(35)20-3-1-19(2-4-20)28-16-26-29(38-28)25(7-11-33-26)21-5-6-27(22(15-21)17-32)37-24-9-13-36-14-10-24/h1-7,11,15-16,23-24,30,35H,8-10,12-14,18H2/t23-,30?/m1/s1. The van der Waals surface area contributed by atoms with Gasteiger partial charge in [-0.25, -0.2) is 4.39 Å². The van der Waals surface area contributed by atoms with Crippen molar-refractivity contribution in [1.29, 1.82) is 5.26 Å². The molecule has 2 atom stereocenters. The van der Waals surface area contributed by atoms with E-state index in [1.54, 1.807) is 11.1 Å². The van der Waals surface area contributed by atoms with Gasteiger partial charge in [0, 0.05) is 49.3 Å². The quantitative estimate of drug-likeness (QED) is 0.357. The van der Waals surface area contributed by atoms with Crippen LogP contribution in [0.25, 0.3) is 33.6 Å². The van der Waals surface area contributed by atoms with Gasteiger partial charge < -0.3 is 19.0 Å². The van der Waals surface area contributed by atoms with Gasteiger partial charge in [0.25, 0.3) is 0 Å². The van der Waals surface area contributed by atoms with Crippen LogP contribution < -0.4 is 4.74 Å². The Kier molecular flexibility index (Phi) is 6.81. The fourth-order valence-corrected chi connectivity index (χ4v) is 5.16. The number of hydrogen-bond acceptors (Lipinski definition) is 7. The Balaban J connectivity index is 1.26. The van der Waals surface area contributed by atoms with E-state index >= 15 is 0 Å². The molecular formula is C30H28FN3O4. The molecule has 2 saturated heterocycles. The predicted molar refractivity (Wildman–Crippen MR) is 140 cm³/mol. The molecule has 0 spiro atoms. The molecule has 2 aromatic heterocycles. The number of aliphatic hydroxyl groups excluding tert-OH is 1. The Labute approximate surface area is 220 Å². The van der Waals surface area contributed by atoms with Crippen molar-refractivity contribution in [3.63, 3.8) is 0 Å². The number of nitrogens with zero attached hydrogens (tertiary/aromatic N) is 3. The van der Waals surface area contributed by atoms with E-state index in [0.717, 1.165) is 29.5 Å². The summed E-state index contributed by atoms with van der Waals surface area (Å²) in [4.78, 5) is 6.22. The number of fused-ring (bicyclic) bond motifs is 1. The summed E-state index contributed by atoms with van der Waals surface area (Å²) in [5.41, 5.74) is 5.02. The van der Waals surface area contributed by atoms with Crippen LogP contribution >= 0.6 is 0 Å². The second kappa shape index (κ2) is 10.5. The normalized spacial score (nSPS) is 19.4. The summed E-state index contributed by atoms with van der Waals surface area (Å²) in [6, 6.07) is 19.1. The highest BCUT2D eigenvalue weighted by atomic mass is 19.1. The maximum atomic E-state index is 13.6. The molecule has 2 aliphatic heterocycles. The Morgan fingerprint density at radius 2 is 1.84 bits per heavy atom. The molecule has 8 heteroatoms. The minimum absolute atomic E-state index is 0.0467. The number of alkyl halides is 1. The highest BCUT2D eigenvalue weighted by Crippen LogP contribution is 2.36. The average Bonchev–Trinajstić information content (AvgIpc) is 3.60. The second-order valence-corrected chi connectivity index (χ2v) is 9.81. The number of halogens is 1. The van der Waals surface area contributed by atoms with E-state index in [2.05, 4.69) is 11.1 Å². The first-order valence-electron chi connectivity index (χ1n) is 12.9. The molecule has 1 unspecified atom stereocenters. The van der Waals surface area contributed by atoms with Crippen molar-refractivity contribution in [1.82, 2.24) is 9.88 Å². The molecule has 0 radical (unpaired) electrons. The minimum Gasteiger partial charge on any atom is -0.489 e. The number of ether oxygens (including phenoxy) is 2. The molecule has 0 saturated carbocycles. The summed E-state index contributed by atoms with van der Waals surface area (Å²) in [5, 5.41) is 20.4. The van der Waals surface area contributed by atoms with E-state index in [4.69, 9.17) is 13.9 Å². The van der Waals surface area contributed by atoms with Crippen LogP contribution in [-0.2, 0) is 4.74 Å². The van der Waals surface area contributed by atoms with E-state index in [1.807, 2.05) is 54.6 Å². The number of nitriles is 1. The van der Waals surface area contributed by atoms with Gasteiger partial charge in [0.15, 0.2) is 5.58 Å². The van der Waals surface area contributed by atoms with Gasteiger partial charge in [-0.05, 0) is 35.7 Å². The summed E-state index contributed by atoms with van der Waals surface area (Å²) in [5.74, 6) is 1.22. The molecule has 7 nitrogen and oxygen atoms in total. The monoisotopic (exact) mass is 513 g/mol. The lowest BCUT2D eigenvalue weighted by Crippen LogP contribution is -2.26. The van der Waals surface area contributed by atoms with Gasteiger partial charge in [-0.3, -0.25) is 9.88 Å². The summed E-state index contributed by atoms with van der Waals surface area (Å²) < 4.78 is 31.3. The van der Waals surface area contributed by atoms with E-state index in [1.165, 1.54) is 0 Å². The van der Waals surface area contributed by atoms with Crippen molar-refractivity contribution >= 4 is 11.1 Å². The molecule has 2 aromatic carbocycles. The zero-order chi connectivity index (χ0) is 26.1. The van der Waals surface area contributed by atoms with Crippen LogP contribution in [0.3, 0.4) is 0 Å². The Bertz CT molecular complexity index is 1470. The van der Waals surface area contributed by atoms with Gasteiger partial charge in [0.1, 0.15) is 41.6 Å². The van der Waals surface area contributed by atoms with Crippen LogP contribution in [0.2, 0.25) is 0 Å². The molecule has 4 heterocycles. The average molecular weight is 514 g/mol. The van der Waals surface area contributed by atoms with E-state index in [9.17, 15) is 14.8 Å². The maximum absolute atomic E-state index is 13.6. The largest absolute Gasteiger partial charge is 0.489 e. The summed E-state index contributed by atoms with van der Waals surface area (Å²) in [6.07, 6.45) is 2.12.